The number of methoxy groups -OCH3 is 1. The number of ether oxygens (including phenoxy) is 1. The van der Waals surface area contributed by atoms with Gasteiger partial charge in [-0.15, -0.1) is 11.3 Å². The van der Waals surface area contributed by atoms with Gasteiger partial charge in [0.15, 0.2) is 0 Å². The van der Waals surface area contributed by atoms with E-state index in [1.54, 1.807) is 19.4 Å². The standard InChI is InChI=1S/C23H17N3O3S/c1-14-9-22(27)29-21-10-17(5-8-19(14)21)25-12-16(11-24)23-26-20(13-30-23)15-3-6-18(28-2)7-4-15/h3-10,12-13,25H,1-2H3/b16-12-. The molecule has 4 rings (SSSR count). The van der Waals surface area contributed by atoms with Crippen molar-refractivity contribution in [2.24, 2.45) is 0 Å². The van der Waals surface area contributed by atoms with Crippen LogP contribution in [-0.2, 0) is 0 Å². The summed E-state index contributed by atoms with van der Waals surface area (Å²) in [6, 6.07) is 16.7. The quantitative estimate of drug-likeness (QED) is 0.356. The third-order valence-electron chi connectivity index (χ3n) is 4.58. The fourth-order valence-corrected chi connectivity index (χ4v) is 3.80. The van der Waals surface area contributed by atoms with Crippen LogP contribution in [0.2, 0.25) is 0 Å². The van der Waals surface area contributed by atoms with Crippen LogP contribution in [0.3, 0.4) is 0 Å². The maximum atomic E-state index is 11.6. The van der Waals surface area contributed by atoms with Crippen LogP contribution < -0.4 is 15.7 Å². The van der Waals surface area contributed by atoms with Crippen molar-refractivity contribution in [2.75, 3.05) is 12.4 Å². The molecule has 148 valence electrons. The molecule has 0 radical (unpaired) electrons. The highest BCUT2D eigenvalue weighted by Gasteiger charge is 2.10. The number of hydrogen-bond donors (Lipinski definition) is 1. The lowest BCUT2D eigenvalue weighted by atomic mass is 10.1. The lowest BCUT2D eigenvalue weighted by Gasteiger charge is -2.05. The summed E-state index contributed by atoms with van der Waals surface area (Å²) in [6.45, 7) is 1.86. The summed E-state index contributed by atoms with van der Waals surface area (Å²) in [5, 5.41) is 16.1. The summed E-state index contributed by atoms with van der Waals surface area (Å²) in [4.78, 5) is 16.2. The summed E-state index contributed by atoms with van der Waals surface area (Å²) in [7, 11) is 1.62. The van der Waals surface area contributed by atoms with Gasteiger partial charge >= 0.3 is 5.63 Å². The van der Waals surface area contributed by atoms with Gasteiger partial charge in [-0.05, 0) is 48.9 Å². The molecule has 2 aromatic heterocycles. The molecular formula is C23H17N3O3S. The zero-order valence-electron chi connectivity index (χ0n) is 16.3. The van der Waals surface area contributed by atoms with E-state index in [1.807, 2.05) is 48.7 Å². The summed E-state index contributed by atoms with van der Waals surface area (Å²) in [6.07, 6.45) is 1.60. The van der Waals surface area contributed by atoms with Gasteiger partial charge in [0.2, 0.25) is 0 Å². The van der Waals surface area contributed by atoms with E-state index in [9.17, 15) is 10.1 Å². The number of nitriles is 1. The molecule has 0 aliphatic carbocycles. The number of rotatable bonds is 5. The molecule has 0 unspecified atom stereocenters. The minimum Gasteiger partial charge on any atom is -0.497 e. The zero-order valence-corrected chi connectivity index (χ0v) is 17.1. The molecule has 0 aliphatic heterocycles. The molecule has 2 heterocycles. The van der Waals surface area contributed by atoms with Gasteiger partial charge in [0.25, 0.3) is 0 Å². The van der Waals surface area contributed by atoms with E-state index in [2.05, 4.69) is 16.4 Å². The van der Waals surface area contributed by atoms with Crippen molar-refractivity contribution in [2.45, 2.75) is 6.92 Å². The van der Waals surface area contributed by atoms with Crippen molar-refractivity contribution in [3.05, 3.63) is 81.1 Å². The number of hydrogen-bond acceptors (Lipinski definition) is 7. The van der Waals surface area contributed by atoms with Gasteiger partial charge in [0, 0.05) is 40.3 Å². The largest absolute Gasteiger partial charge is 0.497 e. The molecule has 0 spiro atoms. The Kier molecular flexibility index (Phi) is 5.33. The number of aromatic nitrogens is 1. The summed E-state index contributed by atoms with van der Waals surface area (Å²) in [5.74, 6) is 0.775. The fraction of sp³-hybridized carbons (Fsp3) is 0.0870. The molecule has 0 amide bonds. The highest BCUT2D eigenvalue weighted by atomic mass is 32.1. The number of nitrogens with one attached hydrogen (secondary N) is 1. The van der Waals surface area contributed by atoms with Crippen LogP contribution in [0.25, 0.3) is 27.8 Å². The van der Waals surface area contributed by atoms with Gasteiger partial charge < -0.3 is 14.5 Å². The van der Waals surface area contributed by atoms with Gasteiger partial charge in [-0.1, -0.05) is 0 Å². The zero-order chi connectivity index (χ0) is 21.1. The van der Waals surface area contributed by atoms with Crippen LogP contribution in [0.4, 0.5) is 5.69 Å². The normalized spacial score (nSPS) is 11.3. The average molecular weight is 415 g/mol. The maximum absolute atomic E-state index is 11.6. The first kappa shape index (κ1) is 19.4. The molecule has 0 fully saturated rings. The summed E-state index contributed by atoms with van der Waals surface area (Å²) in [5.41, 5.74) is 3.81. The van der Waals surface area contributed by atoms with Crippen molar-refractivity contribution in [1.82, 2.24) is 4.98 Å². The first-order chi connectivity index (χ1) is 14.6. The van der Waals surface area contributed by atoms with Crippen LogP contribution in [0, 0.1) is 18.3 Å². The highest BCUT2D eigenvalue weighted by Crippen LogP contribution is 2.28. The Hall–Kier alpha value is -3.89. The minimum absolute atomic E-state index is 0.390. The third kappa shape index (κ3) is 3.95. The second-order valence-electron chi connectivity index (χ2n) is 6.54. The number of thiazole rings is 1. The maximum Gasteiger partial charge on any atom is 0.336 e. The monoisotopic (exact) mass is 415 g/mol. The van der Waals surface area contributed by atoms with Crippen molar-refractivity contribution < 1.29 is 9.15 Å². The van der Waals surface area contributed by atoms with Gasteiger partial charge in [0.05, 0.1) is 12.8 Å². The minimum atomic E-state index is -0.390. The smallest absolute Gasteiger partial charge is 0.336 e. The number of fused-ring (bicyclic) bond motifs is 1. The SMILES string of the molecule is COc1ccc(-c2csc(/C(C#N)=C\Nc3ccc4c(C)cc(=O)oc4c3)n2)cc1. The third-order valence-corrected chi connectivity index (χ3v) is 5.45. The topological polar surface area (TPSA) is 88.1 Å². The van der Waals surface area contributed by atoms with E-state index in [0.717, 1.165) is 28.0 Å². The molecule has 0 bridgehead atoms. The Morgan fingerprint density at radius 3 is 2.77 bits per heavy atom. The summed E-state index contributed by atoms with van der Waals surface area (Å²) < 4.78 is 10.4. The van der Waals surface area contributed by atoms with Gasteiger partial charge in [-0.2, -0.15) is 5.26 Å². The predicted octanol–water partition coefficient (Wildman–Crippen LogP) is 5.21. The first-order valence-electron chi connectivity index (χ1n) is 9.09. The molecular weight excluding hydrogens is 398 g/mol. The fourth-order valence-electron chi connectivity index (χ4n) is 3.00. The molecule has 1 N–H and O–H groups in total. The molecule has 6 nitrogen and oxygen atoms in total. The van der Waals surface area contributed by atoms with Crippen LogP contribution in [0.15, 0.2) is 69.3 Å². The van der Waals surface area contributed by atoms with Crippen molar-refractivity contribution in [1.29, 1.82) is 5.26 Å². The van der Waals surface area contributed by atoms with E-state index in [-0.39, 0.29) is 5.63 Å². The Morgan fingerprint density at radius 2 is 2.03 bits per heavy atom. The number of anilines is 1. The van der Waals surface area contributed by atoms with Crippen molar-refractivity contribution in [3.8, 4) is 23.1 Å². The van der Waals surface area contributed by atoms with Gasteiger partial charge in [0.1, 0.15) is 28.0 Å². The Bertz CT molecular complexity index is 1340. The van der Waals surface area contributed by atoms with Crippen molar-refractivity contribution in [3.63, 3.8) is 0 Å². The molecule has 0 atom stereocenters. The average Bonchev–Trinajstić information content (AvgIpc) is 3.24. The van der Waals surface area contributed by atoms with E-state index >= 15 is 0 Å². The van der Waals surface area contributed by atoms with Crippen molar-refractivity contribution >= 4 is 33.6 Å². The number of allylic oxidation sites excluding steroid dienone is 1. The van der Waals surface area contributed by atoms with E-state index in [1.165, 1.54) is 17.4 Å². The number of nitrogens with zero attached hydrogens (tertiary/aromatic N) is 2. The van der Waals surface area contributed by atoms with Crippen LogP contribution in [0.5, 0.6) is 5.75 Å². The van der Waals surface area contributed by atoms with E-state index < -0.39 is 0 Å². The molecule has 0 saturated carbocycles. The molecule has 0 aliphatic rings. The second-order valence-corrected chi connectivity index (χ2v) is 7.40. The molecule has 4 aromatic rings. The highest BCUT2D eigenvalue weighted by molar-refractivity contribution is 7.11. The molecule has 30 heavy (non-hydrogen) atoms. The van der Waals surface area contributed by atoms with Crippen LogP contribution >= 0.6 is 11.3 Å². The summed E-state index contributed by atoms with van der Waals surface area (Å²) >= 11 is 1.40. The molecule has 2 aromatic carbocycles. The van der Waals surface area contributed by atoms with Crippen LogP contribution in [-0.4, -0.2) is 12.1 Å². The van der Waals surface area contributed by atoms with Crippen LogP contribution in [0.1, 0.15) is 10.6 Å². The molecule has 7 heteroatoms. The Morgan fingerprint density at radius 1 is 1.23 bits per heavy atom. The first-order valence-corrected chi connectivity index (χ1v) is 9.97. The Labute approximate surface area is 176 Å². The number of benzene rings is 2. The lowest BCUT2D eigenvalue weighted by Crippen LogP contribution is -1.98. The Balaban J connectivity index is 1.58. The molecule has 0 saturated heterocycles. The lowest BCUT2D eigenvalue weighted by molar-refractivity contribution is 0.415. The predicted molar refractivity (Wildman–Crippen MR) is 119 cm³/mol. The van der Waals surface area contributed by atoms with Gasteiger partial charge in [-0.3, -0.25) is 0 Å². The van der Waals surface area contributed by atoms with Gasteiger partial charge in [-0.25, -0.2) is 9.78 Å². The number of aryl methyl sites for hydroxylation is 1. The second kappa shape index (κ2) is 8.23. The van der Waals surface area contributed by atoms with E-state index in [0.29, 0.717) is 21.9 Å². The van der Waals surface area contributed by atoms with E-state index in [4.69, 9.17) is 9.15 Å².